The molecule has 0 amide bonds. The van der Waals surface area contributed by atoms with Gasteiger partial charge in [0.25, 0.3) is 0 Å². The van der Waals surface area contributed by atoms with Gasteiger partial charge in [-0.1, -0.05) is 99.6 Å². The van der Waals surface area contributed by atoms with Crippen molar-refractivity contribution in [3.63, 3.8) is 0 Å². The topological polar surface area (TPSA) is 18.5 Å². The Labute approximate surface area is 257 Å². The molecule has 2 aliphatic heterocycles. The number of allylic oxidation sites excluding steroid dienone is 12. The van der Waals surface area contributed by atoms with Crippen LogP contribution >= 0.6 is 0 Å². The standard InChI is InChI=1S/C40H56O2/c1-29(19-13-21-31(3)33-27-35-37(5,6)23-15-25-39(35,9)41-33)17-11-12-18-30(2)20-14-22-32(4)34-28-36-38(7,8)24-16-26-40(36,10)42-34/h11-14,17-22,27-28,33-34H,15-16,23-26H2,1-10H3/b12-11-,19-13-,20-14+,29-17+,30-18+,31-21-,32-22-. The van der Waals surface area contributed by atoms with Crippen molar-refractivity contribution in [2.75, 3.05) is 0 Å². The normalized spacial score (nSPS) is 33.9. The zero-order valence-corrected chi connectivity index (χ0v) is 28.1. The maximum Gasteiger partial charge on any atom is 0.0982 e. The van der Waals surface area contributed by atoms with Gasteiger partial charge in [-0.05, 0) is 125 Å². The van der Waals surface area contributed by atoms with Crippen LogP contribution in [0.5, 0.6) is 0 Å². The van der Waals surface area contributed by atoms with Crippen molar-refractivity contribution in [3.05, 3.63) is 106 Å². The van der Waals surface area contributed by atoms with Gasteiger partial charge in [-0.2, -0.15) is 0 Å². The van der Waals surface area contributed by atoms with Crippen LogP contribution in [0.25, 0.3) is 0 Å². The van der Waals surface area contributed by atoms with Gasteiger partial charge in [0.1, 0.15) is 0 Å². The Kier molecular flexibility index (Phi) is 9.80. The van der Waals surface area contributed by atoms with Crippen LogP contribution in [-0.4, -0.2) is 23.4 Å². The van der Waals surface area contributed by atoms with Gasteiger partial charge in [0.15, 0.2) is 0 Å². The quantitative estimate of drug-likeness (QED) is 0.214. The first-order chi connectivity index (χ1) is 19.7. The van der Waals surface area contributed by atoms with Gasteiger partial charge in [0.2, 0.25) is 0 Å². The fourth-order valence-corrected chi connectivity index (χ4v) is 7.55. The van der Waals surface area contributed by atoms with Gasteiger partial charge in [-0.25, -0.2) is 0 Å². The van der Waals surface area contributed by atoms with Gasteiger partial charge in [-0.3, -0.25) is 0 Å². The minimum Gasteiger partial charge on any atom is -0.359 e. The molecule has 2 aliphatic carbocycles. The van der Waals surface area contributed by atoms with Crippen molar-refractivity contribution in [2.24, 2.45) is 10.8 Å². The summed E-state index contributed by atoms with van der Waals surface area (Å²) in [6, 6.07) is 0. The number of rotatable bonds is 8. The van der Waals surface area contributed by atoms with E-state index in [-0.39, 0.29) is 34.2 Å². The van der Waals surface area contributed by atoms with Gasteiger partial charge in [0, 0.05) is 0 Å². The minimum atomic E-state index is -0.0987. The first-order valence-corrected chi connectivity index (χ1v) is 16.2. The summed E-state index contributed by atoms with van der Waals surface area (Å²) in [5.74, 6) is 0. The molecule has 228 valence electrons. The molecule has 0 aromatic rings. The molecule has 42 heavy (non-hydrogen) atoms. The molecule has 2 nitrogen and oxygen atoms in total. The lowest BCUT2D eigenvalue weighted by atomic mass is 9.66. The third-order valence-electron chi connectivity index (χ3n) is 10.1. The lowest BCUT2D eigenvalue weighted by molar-refractivity contribution is -0.0311. The van der Waals surface area contributed by atoms with E-state index in [2.05, 4.69) is 142 Å². The lowest BCUT2D eigenvalue weighted by Gasteiger charge is -2.42. The van der Waals surface area contributed by atoms with Crippen molar-refractivity contribution in [2.45, 2.75) is 131 Å². The van der Waals surface area contributed by atoms with E-state index in [1.807, 2.05) is 0 Å². The molecule has 4 unspecified atom stereocenters. The predicted octanol–water partition coefficient (Wildman–Crippen LogP) is 11.0. The molecule has 0 bridgehead atoms. The molecule has 2 fully saturated rings. The second-order valence-electron chi connectivity index (χ2n) is 14.9. The Morgan fingerprint density at radius 1 is 0.571 bits per heavy atom. The fourth-order valence-electron chi connectivity index (χ4n) is 7.55. The number of hydrogen-bond acceptors (Lipinski definition) is 2. The summed E-state index contributed by atoms with van der Waals surface area (Å²) in [6.07, 6.45) is 33.7. The Morgan fingerprint density at radius 3 is 1.31 bits per heavy atom. The first-order valence-electron chi connectivity index (χ1n) is 16.2. The molecule has 2 heterocycles. The Hall–Kier alpha value is -2.42. The van der Waals surface area contributed by atoms with Crippen LogP contribution in [0.1, 0.15) is 108 Å². The highest BCUT2D eigenvalue weighted by Gasteiger charge is 2.48. The van der Waals surface area contributed by atoms with Crippen LogP contribution in [0.3, 0.4) is 0 Å². The zero-order valence-electron chi connectivity index (χ0n) is 28.1. The van der Waals surface area contributed by atoms with Crippen molar-refractivity contribution in [1.29, 1.82) is 0 Å². The summed E-state index contributed by atoms with van der Waals surface area (Å²) in [6.45, 7) is 22.7. The highest BCUT2D eigenvalue weighted by Crippen LogP contribution is 2.53. The van der Waals surface area contributed by atoms with E-state index in [4.69, 9.17) is 9.47 Å². The minimum absolute atomic E-state index is 0.0818. The summed E-state index contributed by atoms with van der Waals surface area (Å²) in [5, 5.41) is 0. The summed E-state index contributed by atoms with van der Waals surface area (Å²) < 4.78 is 13.1. The number of fused-ring (bicyclic) bond motifs is 2. The van der Waals surface area contributed by atoms with Gasteiger partial charge >= 0.3 is 0 Å². The fraction of sp³-hybridized carbons (Fsp3) is 0.550. The second-order valence-corrected chi connectivity index (χ2v) is 14.9. The number of ether oxygens (including phenoxy) is 2. The van der Waals surface area contributed by atoms with E-state index in [0.29, 0.717) is 0 Å². The molecular formula is C40H56O2. The van der Waals surface area contributed by atoms with Crippen molar-refractivity contribution >= 4 is 0 Å². The lowest BCUT2D eigenvalue weighted by Crippen LogP contribution is -2.39. The van der Waals surface area contributed by atoms with Crippen molar-refractivity contribution in [1.82, 2.24) is 0 Å². The van der Waals surface area contributed by atoms with Gasteiger partial charge in [0.05, 0.1) is 23.4 Å². The molecule has 2 saturated carbocycles. The highest BCUT2D eigenvalue weighted by molar-refractivity contribution is 5.38. The predicted molar refractivity (Wildman–Crippen MR) is 180 cm³/mol. The van der Waals surface area contributed by atoms with E-state index in [1.165, 1.54) is 59.1 Å². The maximum atomic E-state index is 6.56. The molecule has 4 atom stereocenters. The average Bonchev–Trinajstić information content (AvgIpc) is 3.46. The molecule has 0 aromatic heterocycles. The van der Waals surface area contributed by atoms with Crippen LogP contribution < -0.4 is 0 Å². The smallest absolute Gasteiger partial charge is 0.0982 e. The molecule has 0 saturated heterocycles. The summed E-state index contributed by atoms with van der Waals surface area (Å²) in [5.41, 5.74) is 8.20. The maximum absolute atomic E-state index is 6.56. The van der Waals surface area contributed by atoms with E-state index >= 15 is 0 Å². The average molecular weight is 569 g/mol. The Balaban J connectivity index is 1.28. The van der Waals surface area contributed by atoms with E-state index < -0.39 is 0 Å². The molecule has 0 radical (unpaired) electrons. The molecular weight excluding hydrogens is 512 g/mol. The van der Waals surface area contributed by atoms with Crippen LogP contribution in [0, 0.1) is 10.8 Å². The van der Waals surface area contributed by atoms with Crippen LogP contribution in [0.4, 0.5) is 0 Å². The second kappa shape index (κ2) is 12.7. The molecule has 2 heteroatoms. The molecule has 0 N–H and O–H groups in total. The summed E-state index contributed by atoms with van der Waals surface area (Å²) in [7, 11) is 0. The number of hydrogen-bond donors (Lipinski definition) is 0. The highest BCUT2D eigenvalue weighted by atomic mass is 16.5. The summed E-state index contributed by atoms with van der Waals surface area (Å²) >= 11 is 0. The van der Waals surface area contributed by atoms with Gasteiger partial charge < -0.3 is 9.47 Å². The summed E-state index contributed by atoms with van der Waals surface area (Å²) in [4.78, 5) is 0. The van der Waals surface area contributed by atoms with Crippen LogP contribution in [0.15, 0.2) is 106 Å². The van der Waals surface area contributed by atoms with E-state index in [9.17, 15) is 0 Å². The Morgan fingerprint density at radius 2 is 0.952 bits per heavy atom. The molecule has 0 spiro atoms. The van der Waals surface area contributed by atoms with Gasteiger partial charge in [-0.15, -0.1) is 0 Å². The Bertz CT molecular complexity index is 1200. The zero-order chi connectivity index (χ0) is 30.8. The monoisotopic (exact) mass is 568 g/mol. The SMILES string of the molecule is C/C(=C/C=C\C(C)=C\C=C/C=C(C)/C=C/C=C(/C)C1C=C2C(C)(C)CCCC2(C)O1)C1C=C2C(C)(C)CCCC2(C)O1. The largest absolute Gasteiger partial charge is 0.359 e. The van der Waals surface area contributed by atoms with Crippen LogP contribution in [-0.2, 0) is 9.47 Å². The van der Waals surface area contributed by atoms with Crippen molar-refractivity contribution < 1.29 is 9.47 Å². The first kappa shape index (κ1) is 32.5. The van der Waals surface area contributed by atoms with E-state index in [0.717, 1.165) is 12.8 Å². The molecule has 0 aromatic carbocycles. The molecule has 4 rings (SSSR count). The van der Waals surface area contributed by atoms with Crippen LogP contribution in [0.2, 0.25) is 0 Å². The third-order valence-corrected chi connectivity index (χ3v) is 10.1. The third kappa shape index (κ3) is 7.37. The van der Waals surface area contributed by atoms with E-state index in [1.54, 1.807) is 0 Å². The molecule has 4 aliphatic rings. The van der Waals surface area contributed by atoms with Crippen molar-refractivity contribution in [3.8, 4) is 0 Å².